The van der Waals surface area contributed by atoms with Crippen molar-refractivity contribution < 1.29 is 9.53 Å². The number of anilines is 1. The van der Waals surface area contributed by atoms with E-state index in [1.54, 1.807) is 4.90 Å². The zero-order chi connectivity index (χ0) is 14.4. The Kier molecular flexibility index (Phi) is 3.81. The maximum absolute atomic E-state index is 12.3. The summed E-state index contributed by atoms with van der Waals surface area (Å²) in [5, 5.41) is 4.49. The summed E-state index contributed by atoms with van der Waals surface area (Å²) in [5.74, 6) is 1.24. The van der Waals surface area contributed by atoms with Crippen molar-refractivity contribution in [3.05, 3.63) is 9.26 Å². The Hall–Kier alpha value is -0.790. The zero-order valence-electron chi connectivity index (χ0n) is 12.0. The van der Waals surface area contributed by atoms with Gasteiger partial charge in [-0.25, -0.2) is 9.48 Å². The predicted octanol–water partition coefficient (Wildman–Crippen LogP) is 3.19. The van der Waals surface area contributed by atoms with E-state index >= 15 is 0 Å². The van der Waals surface area contributed by atoms with Gasteiger partial charge in [0, 0.05) is 13.1 Å². The third-order valence-electron chi connectivity index (χ3n) is 2.88. The molecule has 1 atom stereocenters. The van der Waals surface area contributed by atoms with Crippen LogP contribution in [0.4, 0.5) is 10.6 Å². The van der Waals surface area contributed by atoms with Gasteiger partial charge >= 0.3 is 6.09 Å². The summed E-state index contributed by atoms with van der Waals surface area (Å²) < 4.78 is 8.42. The number of hydrogen-bond acceptors (Lipinski definition) is 3. The highest BCUT2D eigenvalue weighted by Crippen LogP contribution is 2.31. The van der Waals surface area contributed by atoms with E-state index < -0.39 is 5.60 Å². The summed E-state index contributed by atoms with van der Waals surface area (Å²) in [7, 11) is 0. The number of aromatic nitrogens is 2. The van der Waals surface area contributed by atoms with Crippen LogP contribution in [0.5, 0.6) is 0 Å². The van der Waals surface area contributed by atoms with Gasteiger partial charge in [0.05, 0.1) is 9.26 Å². The minimum atomic E-state index is -0.483. The highest BCUT2D eigenvalue weighted by atomic mass is 127. The van der Waals surface area contributed by atoms with Crippen molar-refractivity contribution in [2.24, 2.45) is 5.92 Å². The van der Waals surface area contributed by atoms with E-state index in [1.807, 2.05) is 32.4 Å². The Morgan fingerprint density at radius 3 is 2.63 bits per heavy atom. The summed E-state index contributed by atoms with van der Waals surface area (Å²) in [6, 6.07) is 0. The van der Waals surface area contributed by atoms with Crippen molar-refractivity contribution in [2.75, 3.05) is 11.4 Å². The number of aryl methyl sites for hydroxylation is 1. The Bertz CT molecular complexity index is 505. The largest absolute Gasteiger partial charge is 0.443 e. The van der Waals surface area contributed by atoms with Gasteiger partial charge in [-0.1, -0.05) is 6.92 Å². The topological polar surface area (TPSA) is 47.4 Å². The minimum Gasteiger partial charge on any atom is -0.443 e. The summed E-state index contributed by atoms with van der Waals surface area (Å²) in [6.07, 6.45) is -0.293. The summed E-state index contributed by atoms with van der Waals surface area (Å²) in [6.45, 7) is 11.2. The first kappa shape index (κ1) is 14.6. The van der Waals surface area contributed by atoms with E-state index in [1.165, 1.54) is 0 Å². The predicted molar refractivity (Wildman–Crippen MR) is 82.4 cm³/mol. The molecule has 1 unspecified atom stereocenters. The lowest BCUT2D eigenvalue weighted by molar-refractivity contribution is 0.0564. The molecular formula is C13H20IN3O2. The van der Waals surface area contributed by atoms with E-state index in [0.29, 0.717) is 12.5 Å². The molecule has 1 aliphatic rings. The molecule has 0 N–H and O–H groups in total. The lowest BCUT2D eigenvalue weighted by atomic mass is 10.1. The van der Waals surface area contributed by atoms with Crippen LogP contribution in [-0.4, -0.2) is 28.0 Å². The highest BCUT2D eigenvalue weighted by Gasteiger charge is 2.33. The van der Waals surface area contributed by atoms with Gasteiger partial charge in [0.25, 0.3) is 0 Å². The molecule has 2 rings (SSSR count). The lowest BCUT2D eigenvalue weighted by Crippen LogP contribution is -2.44. The molecule has 0 saturated heterocycles. The summed E-state index contributed by atoms with van der Waals surface area (Å²) in [4.78, 5) is 14.1. The Morgan fingerprint density at radius 1 is 1.42 bits per heavy atom. The van der Waals surface area contributed by atoms with Crippen LogP contribution < -0.4 is 4.90 Å². The van der Waals surface area contributed by atoms with Crippen molar-refractivity contribution >= 4 is 34.5 Å². The normalized spacial score (nSPS) is 19.3. The smallest absolute Gasteiger partial charge is 0.416 e. The van der Waals surface area contributed by atoms with Crippen molar-refractivity contribution in [1.82, 2.24) is 9.78 Å². The Morgan fingerprint density at radius 2 is 2.05 bits per heavy atom. The van der Waals surface area contributed by atoms with Crippen molar-refractivity contribution in [3.63, 3.8) is 0 Å². The van der Waals surface area contributed by atoms with Crippen LogP contribution in [0.3, 0.4) is 0 Å². The van der Waals surface area contributed by atoms with Crippen molar-refractivity contribution in [2.45, 2.75) is 46.8 Å². The van der Waals surface area contributed by atoms with Gasteiger partial charge in [-0.05, 0) is 56.2 Å². The van der Waals surface area contributed by atoms with Crippen LogP contribution in [0.15, 0.2) is 0 Å². The second-order valence-electron chi connectivity index (χ2n) is 6.10. The van der Waals surface area contributed by atoms with Crippen molar-refractivity contribution in [3.8, 4) is 0 Å². The number of nitrogens with zero attached hydrogens (tertiary/aromatic N) is 3. The van der Waals surface area contributed by atoms with E-state index in [-0.39, 0.29) is 6.09 Å². The third-order valence-corrected chi connectivity index (χ3v) is 4.14. The molecule has 1 aromatic rings. The van der Waals surface area contributed by atoms with Gasteiger partial charge in [-0.2, -0.15) is 5.10 Å². The molecular weight excluding hydrogens is 357 g/mol. The molecule has 0 radical (unpaired) electrons. The number of rotatable bonds is 0. The number of carbonyl (C=O) groups excluding carboxylic acids is 1. The fraction of sp³-hybridized carbons (Fsp3) is 0.692. The second kappa shape index (κ2) is 4.96. The maximum atomic E-state index is 12.3. The molecule has 106 valence electrons. The molecule has 1 amide bonds. The monoisotopic (exact) mass is 377 g/mol. The van der Waals surface area contributed by atoms with Crippen LogP contribution >= 0.6 is 22.6 Å². The van der Waals surface area contributed by atoms with Gasteiger partial charge in [-0.15, -0.1) is 0 Å². The molecule has 0 aromatic carbocycles. The fourth-order valence-corrected chi connectivity index (χ4v) is 2.84. The third kappa shape index (κ3) is 3.04. The van der Waals surface area contributed by atoms with E-state index in [0.717, 1.165) is 21.6 Å². The standard InChI is InChI=1S/C13H20IN3O2/c1-8-6-16(12(18)19-13(3,4)5)11-10(14)9(2)15-17(11)7-8/h8H,6-7H2,1-5H3. The van der Waals surface area contributed by atoms with Gasteiger partial charge in [-0.3, -0.25) is 4.90 Å². The van der Waals surface area contributed by atoms with Crippen LogP contribution in [0.25, 0.3) is 0 Å². The minimum absolute atomic E-state index is 0.293. The number of carbonyl (C=O) groups is 1. The molecule has 6 heteroatoms. The maximum Gasteiger partial charge on any atom is 0.416 e. The molecule has 5 nitrogen and oxygen atoms in total. The molecule has 2 heterocycles. The molecule has 0 saturated carbocycles. The Balaban J connectivity index is 2.35. The first-order chi connectivity index (χ1) is 8.69. The molecule has 1 aliphatic heterocycles. The van der Waals surface area contributed by atoms with E-state index in [4.69, 9.17) is 4.74 Å². The fourth-order valence-electron chi connectivity index (χ4n) is 2.16. The number of halogens is 1. The van der Waals surface area contributed by atoms with Crippen LogP contribution in [0.2, 0.25) is 0 Å². The number of hydrogen-bond donors (Lipinski definition) is 0. The summed E-state index contributed by atoms with van der Waals surface area (Å²) in [5.41, 5.74) is 0.474. The van der Waals surface area contributed by atoms with Gasteiger partial charge in [0.1, 0.15) is 11.4 Å². The highest BCUT2D eigenvalue weighted by molar-refractivity contribution is 14.1. The quantitative estimate of drug-likeness (QED) is 0.653. The average Bonchev–Trinajstić information content (AvgIpc) is 2.51. The molecule has 0 fully saturated rings. The second-order valence-corrected chi connectivity index (χ2v) is 7.18. The lowest BCUT2D eigenvalue weighted by Gasteiger charge is -2.33. The Labute approximate surface area is 127 Å². The number of fused-ring (bicyclic) bond motifs is 1. The van der Waals surface area contributed by atoms with Gasteiger partial charge in [0.15, 0.2) is 0 Å². The van der Waals surface area contributed by atoms with E-state index in [2.05, 4.69) is 34.6 Å². The molecule has 0 aliphatic carbocycles. The summed E-state index contributed by atoms with van der Waals surface area (Å²) >= 11 is 2.24. The number of ether oxygens (including phenoxy) is 1. The van der Waals surface area contributed by atoms with E-state index in [9.17, 15) is 4.79 Å². The van der Waals surface area contributed by atoms with Crippen LogP contribution in [0.1, 0.15) is 33.4 Å². The molecule has 1 aromatic heterocycles. The van der Waals surface area contributed by atoms with Gasteiger partial charge < -0.3 is 4.74 Å². The van der Waals surface area contributed by atoms with Crippen LogP contribution in [0, 0.1) is 16.4 Å². The molecule has 19 heavy (non-hydrogen) atoms. The zero-order valence-corrected chi connectivity index (χ0v) is 14.2. The van der Waals surface area contributed by atoms with Gasteiger partial charge in [0.2, 0.25) is 0 Å². The molecule has 0 spiro atoms. The first-order valence-corrected chi connectivity index (χ1v) is 7.50. The van der Waals surface area contributed by atoms with Crippen molar-refractivity contribution in [1.29, 1.82) is 0 Å². The number of amides is 1. The molecule has 0 bridgehead atoms. The SMILES string of the molecule is Cc1nn2c(c1I)N(C(=O)OC(C)(C)C)CC(C)C2. The first-order valence-electron chi connectivity index (χ1n) is 6.42. The van der Waals surface area contributed by atoms with Crippen LogP contribution in [-0.2, 0) is 11.3 Å². The average molecular weight is 377 g/mol.